The van der Waals surface area contributed by atoms with Gasteiger partial charge in [-0.1, -0.05) is 0 Å². The molecule has 1 aromatic rings. The first-order valence-electron chi connectivity index (χ1n) is 6.14. The molecule has 1 rings (SSSR count). The zero-order chi connectivity index (χ0) is 15.3. The molecule has 1 atom stereocenters. The lowest BCUT2D eigenvalue weighted by Crippen LogP contribution is -2.22. The van der Waals surface area contributed by atoms with Crippen molar-refractivity contribution in [1.82, 2.24) is 0 Å². The van der Waals surface area contributed by atoms with Crippen LogP contribution in [-0.2, 0) is 9.59 Å². The third-order valence-corrected chi connectivity index (χ3v) is 3.99. The van der Waals surface area contributed by atoms with Crippen LogP contribution in [0.15, 0.2) is 21.1 Å². The number of carbonyl (C=O) groups is 2. The van der Waals surface area contributed by atoms with E-state index in [0.29, 0.717) is 18.8 Å². The van der Waals surface area contributed by atoms with E-state index in [4.69, 9.17) is 9.84 Å². The summed E-state index contributed by atoms with van der Waals surface area (Å²) in [6.07, 6.45) is 0.787. The van der Waals surface area contributed by atoms with Crippen molar-refractivity contribution in [2.45, 2.75) is 26.7 Å². The van der Waals surface area contributed by atoms with Crippen molar-refractivity contribution >= 4 is 43.6 Å². The Morgan fingerprint density at radius 2 is 1.85 bits per heavy atom. The van der Waals surface area contributed by atoms with E-state index < -0.39 is 11.9 Å². The number of carboxylic acid groups (broad SMARTS) is 1. The van der Waals surface area contributed by atoms with Crippen molar-refractivity contribution in [2.75, 3.05) is 6.61 Å². The van der Waals surface area contributed by atoms with Crippen LogP contribution in [0.1, 0.15) is 25.3 Å². The predicted molar refractivity (Wildman–Crippen MR) is 83.1 cm³/mol. The first kappa shape index (κ1) is 17.2. The van der Waals surface area contributed by atoms with Crippen LogP contribution in [-0.4, -0.2) is 23.5 Å². The lowest BCUT2D eigenvalue weighted by Gasteiger charge is -2.12. The molecule has 0 fully saturated rings. The summed E-state index contributed by atoms with van der Waals surface area (Å²) in [5.74, 6) is -1.65. The topological polar surface area (TPSA) is 63.6 Å². The molecule has 1 N–H and O–H groups in total. The summed E-state index contributed by atoms with van der Waals surface area (Å²) < 4.78 is 7.31. The Kier molecular flexibility index (Phi) is 6.68. The average molecular weight is 408 g/mol. The number of hydrogen-bond donors (Lipinski definition) is 1. The largest absolute Gasteiger partial charge is 0.491 e. The predicted octanol–water partition coefficient (Wildman–Crippen LogP) is 3.97. The summed E-state index contributed by atoms with van der Waals surface area (Å²) in [6.45, 7) is 3.63. The van der Waals surface area contributed by atoms with Gasteiger partial charge in [-0.05, 0) is 76.2 Å². The van der Waals surface area contributed by atoms with Gasteiger partial charge in [-0.2, -0.15) is 0 Å². The maximum Gasteiger partial charge on any atom is 0.314 e. The van der Waals surface area contributed by atoms with Crippen molar-refractivity contribution in [3.63, 3.8) is 0 Å². The number of benzene rings is 1. The Balaban J connectivity index is 2.53. The highest BCUT2D eigenvalue weighted by atomic mass is 79.9. The second-order valence-corrected chi connectivity index (χ2v) is 6.26. The normalized spacial score (nSPS) is 12.0. The van der Waals surface area contributed by atoms with Crippen LogP contribution in [0.2, 0.25) is 0 Å². The van der Waals surface area contributed by atoms with Gasteiger partial charge in [-0.25, -0.2) is 0 Å². The summed E-state index contributed by atoms with van der Waals surface area (Å²) in [4.78, 5) is 22.0. The molecule has 6 heteroatoms. The molecule has 1 unspecified atom stereocenters. The number of aliphatic carboxylic acids is 1. The highest BCUT2D eigenvalue weighted by molar-refractivity contribution is 9.11. The number of rotatable bonds is 7. The molecular formula is C14H16Br2O4. The maximum absolute atomic E-state index is 11.2. The smallest absolute Gasteiger partial charge is 0.314 e. The second-order valence-electron chi connectivity index (χ2n) is 4.55. The number of Topliss-reactive ketones (excluding diaryl/α,β-unsaturated/α-hetero) is 1. The first-order valence-corrected chi connectivity index (χ1v) is 7.73. The highest BCUT2D eigenvalue weighted by Crippen LogP contribution is 2.34. The number of halogens is 2. The van der Waals surface area contributed by atoms with Gasteiger partial charge >= 0.3 is 5.97 Å². The van der Waals surface area contributed by atoms with Crippen LogP contribution in [0.5, 0.6) is 5.75 Å². The quantitative estimate of drug-likeness (QED) is 0.548. The molecule has 20 heavy (non-hydrogen) atoms. The Hall–Kier alpha value is -0.880. The molecule has 0 aliphatic rings. The van der Waals surface area contributed by atoms with Gasteiger partial charge in [-0.3, -0.25) is 9.59 Å². The monoisotopic (exact) mass is 406 g/mol. The fraction of sp³-hybridized carbons (Fsp3) is 0.429. The van der Waals surface area contributed by atoms with E-state index in [1.54, 1.807) is 0 Å². The lowest BCUT2D eigenvalue weighted by molar-refractivity contribution is -0.146. The molecule has 0 heterocycles. The van der Waals surface area contributed by atoms with Gasteiger partial charge in [0.05, 0.1) is 15.6 Å². The van der Waals surface area contributed by atoms with E-state index >= 15 is 0 Å². The highest BCUT2D eigenvalue weighted by Gasteiger charge is 2.21. The third kappa shape index (κ3) is 4.90. The van der Waals surface area contributed by atoms with E-state index in [1.165, 1.54) is 6.92 Å². The van der Waals surface area contributed by atoms with Crippen molar-refractivity contribution < 1.29 is 19.4 Å². The number of carboxylic acids is 1. The molecule has 4 nitrogen and oxygen atoms in total. The fourth-order valence-corrected chi connectivity index (χ4v) is 3.43. The third-order valence-electron chi connectivity index (χ3n) is 2.81. The van der Waals surface area contributed by atoms with E-state index in [9.17, 15) is 9.59 Å². The minimum atomic E-state index is -1.07. The van der Waals surface area contributed by atoms with E-state index in [1.807, 2.05) is 19.1 Å². The minimum Gasteiger partial charge on any atom is -0.491 e. The molecular weight excluding hydrogens is 392 g/mol. The molecule has 110 valence electrons. The van der Waals surface area contributed by atoms with E-state index in [0.717, 1.165) is 14.5 Å². The second kappa shape index (κ2) is 7.78. The van der Waals surface area contributed by atoms with Gasteiger partial charge in [-0.15, -0.1) is 0 Å². The number of ether oxygens (including phenoxy) is 1. The molecule has 0 bridgehead atoms. The number of aryl methyl sites for hydroxylation is 1. The maximum atomic E-state index is 11.2. The molecule has 0 spiro atoms. The van der Waals surface area contributed by atoms with E-state index in [-0.39, 0.29) is 12.2 Å². The molecule has 0 aromatic heterocycles. The summed E-state index contributed by atoms with van der Waals surface area (Å²) in [5, 5.41) is 8.90. The van der Waals surface area contributed by atoms with Crippen LogP contribution < -0.4 is 4.74 Å². The molecule has 0 amide bonds. The Morgan fingerprint density at radius 3 is 2.30 bits per heavy atom. The summed E-state index contributed by atoms with van der Waals surface area (Å²) in [5.41, 5.74) is 1.10. The fourth-order valence-electron chi connectivity index (χ4n) is 1.79. The van der Waals surface area contributed by atoms with Gasteiger partial charge in [0.15, 0.2) is 0 Å². The van der Waals surface area contributed by atoms with Gasteiger partial charge in [0, 0.05) is 0 Å². The van der Waals surface area contributed by atoms with Crippen LogP contribution in [0, 0.1) is 12.8 Å². The Morgan fingerprint density at radius 1 is 1.30 bits per heavy atom. The standard InChI is InChI=1S/C14H16Br2O4/c1-8-6-11(15)13(12(16)7-8)20-5-3-4-10(9(2)17)14(18)19/h6-7,10H,3-5H2,1-2H3,(H,18,19). The zero-order valence-electron chi connectivity index (χ0n) is 11.3. The van der Waals surface area contributed by atoms with Crippen molar-refractivity contribution in [2.24, 2.45) is 5.92 Å². The Labute approximate surface area is 134 Å². The summed E-state index contributed by atoms with van der Waals surface area (Å²) in [6, 6.07) is 3.88. The van der Waals surface area contributed by atoms with Crippen molar-refractivity contribution in [1.29, 1.82) is 0 Å². The summed E-state index contributed by atoms with van der Waals surface area (Å²) in [7, 11) is 0. The SMILES string of the molecule is CC(=O)C(CCCOc1c(Br)cc(C)cc1Br)C(=O)O. The van der Waals surface area contributed by atoms with Crippen LogP contribution in [0.3, 0.4) is 0 Å². The minimum absolute atomic E-state index is 0.283. The number of hydrogen-bond acceptors (Lipinski definition) is 3. The van der Waals surface area contributed by atoms with Gasteiger partial charge < -0.3 is 9.84 Å². The molecule has 0 saturated heterocycles. The van der Waals surface area contributed by atoms with Crippen molar-refractivity contribution in [3.05, 3.63) is 26.6 Å². The van der Waals surface area contributed by atoms with Crippen LogP contribution in [0.25, 0.3) is 0 Å². The first-order chi connectivity index (χ1) is 9.32. The summed E-state index contributed by atoms with van der Waals surface area (Å²) >= 11 is 6.84. The zero-order valence-corrected chi connectivity index (χ0v) is 14.5. The number of ketones is 1. The molecule has 1 aromatic carbocycles. The lowest BCUT2D eigenvalue weighted by atomic mass is 10.00. The molecule has 0 saturated carbocycles. The van der Waals surface area contributed by atoms with E-state index in [2.05, 4.69) is 31.9 Å². The molecule has 0 aliphatic heterocycles. The Bertz CT molecular complexity index is 477. The van der Waals surface area contributed by atoms with Crippen molar-refractivity contribution in [3.8, 4) is 5.75 Å². The van der Waals surface area contributed by atoms with Crippen LogP contribution in [0.4, 0.5) is 0 Å². The average Bonchev–Trinajstić information content (AvgIpc) is 2.30. The molecule has 0 aliphatic carbocycles. The number of carbonyl (C=O) groups excluding carboxylic acids is 1. The van der Waals surface area contributed by atoms with Gasteiger partial charge in [0.1, 0.15) is 17.5 Å². The van der Waals surface area contributed by atoms with Gasteiger partial charge in [0.2, 0.25) is 0 Å². The van der Waals surface area contributed by atoms with Gasteiger partial charge in [0.25, 0.3) is 0 Å². The molecule has 0 radical (unpaired) electrons. The van der Waals surface area contributed by atoms with Crippen LogP contribution >= 0.6 is 31.9 Å².